The number of nitrogens with zero attached hydrogens (tertiary/aromatic N) is 4. The van der Waals surface area contributed by atoms with Gasteiger partial charge in [-0.05, 0) is 12.1 Å². The van der Waals surface area contributed by atoms with E-state index in [0.717, 1.165) is 37.9 Å². The maximum absolute atomic E-state index is 5.29. The third kappa shape index (κ3) is 2.36. The second-order valence-electron chi connectivity index (χ2n) is 3.74. The molecule has 1 fully saturated rings. The summed E-state index contributed by atoms with van der Waals surface area (Å²) in [5.74, 6) is 1.82. The Hall–Kier alpha value is -1.36. The van der Waals surface area contributed by atoms with Crippen LogP contribution in [0.25, 0.3) is 0 Å². The molecule has 0 aromatic carbocycles. The number of rotatable bonds is 2. The Bertz CT molecular complexity index is 306. The van der Waals surface area contributed by atoms with Crippen molar-refractivity contribution in [3.63, 3.8) is 0 Å². The molecule has 1 aromatic heterocycles. The molecule has 1 aromatic rings. The van der Waals surface area contributed by atoms with Gasteiger partial charge in [-0.25, -0.2) is 0 Å². The van der Waals surface area contributed by atoms with Crippen molar-refractivity contribution < 1.29 is 4.74 Å². The monoisotopic (exact) mass is 208 g/mol. The highest BCUT2D eigenvalue weighted by Crippen LogP contribution is 2.14. The van der Waals surface area contributed by atoms with E-state index in [1.807, 2.05) is 31.1 Å². The van der Waals surface area contributed by atoms with Crippen LogP contribution in [0.5, 0.6) is 0 Å². The van der Waals surface area contributed by atoms with Gasteiger partial charge in [0.15, 0.2) is 11.6 Å². The summed E-state index contributed by atoms with van der Waals surface area (Å²) in [5, 5.41) is 8.35. The highest BCUT2D eigenvalue weighted by Gasteiger charge is 2.12. The van der Waals surface area contributed by atoms with Crippen molar-refractivity contribution in [3.05, 3.63) is 12.1 Å². The van der Waals surface area contributed by atoms with E-state index in [2.05, 4.69) is 15.1 Å². The summed E-state index contributed by atoms with van der Waals surface area (Å²) < 4.78 is 5.29. The van der Waals surface area contributed by atoms with Crippen LogP contribution >= 0.6 is 0 Å². The van der Waals surface area contributed by atoms with Crippen LogP contribution in [-0.4, -0.2) is 50.6 Å². The quantitative estimate of drug-likeness (QED) is 0.703. The molecule has 0 bridgehead atoms. The van der Waals surface area contributed by atoms with Crippen LogP contribution in [0.15, 0.2) is 12.1 Å². The summed E-state index contributed by atoms with van der Waals surface area (Å²) in [5.41, 5.74) is 0. The van der Waals surface area contributed by atoms with Gasteiger partial charge in [-0.2, -0.15) is 0 Å². The van der Waals surface area contributed by atoms with E-state index in [1.54, 1.807) is 0 Å². The van der Waals surface area contributed by atoms with Gasteiger partial charge in [-0.3, -0.25) is 0 Å². The predicted molar refractivity (Wildman–Crippen MR) is 59.4 cm³/mol. The molecule has 0 spiro atoms. The average molecular weight is 208 g/mol. The van der Waals surface area contributed by atoms with Gasteiger partial charge in [0.1, 0.15) is 0 Å². The van der Waals surface area contributed by atoms with Crippen LogP contribution in [-0.2, 0) is 4.74 Å². The lowest BCUT2D eigenvalue weighted by molar-refractivity contribution is 0.122. The lowest BCUT2D eigenvalue weighted by atomic mass is 10.4. The normalized spacial score (nSPS) is 16.5. The first-order chi connectivity index (χ1) is 7.27. The topological polar surface area (TPSA) is 41.5 Å². The SMILES string of the molecule is CN(C)c1ccc(N2CCOCC2)nn1. The third-order valence-corrected chi connectivity index (χ3v) is 2.43. The smallest absolute Gasteiger partial charge is 0.151 e. The molecule has 1 aliphatic heterocycles. The molecule has 0 unspecified atom stereocenters. The molecular weight excluding hydrogens is 192 g/mol. The van der Waals surface area contributed by atoms with Crippen LogP contribution in [0, 0.1) is 0 Å². The van der Waals surface area contributed by atoms with E-state index < -0.39 is 0 Å². The lowest BCUT2D eigenvalue weighted by Gasteiger charge is -2.27. The fourth-order valence-electron chi connectivity index (χ4n) is 1.52. The maximum Gasteiger partial charge on any atom is 0.151 e. The first-order valence-electron chi connectivity index (χ1n) is 5.11. The van der Waals surface area contributed by atoms with Crippen LogP contribution in [0.3, 0.4) is 0 Å². The number of morpholine rings is 1. The van der Waals surface area contributed by atoms with Gasteiger partial charge in [-0.15, -0.1) is 10.2 Å². The average Bonchev–Trinajstić information content (AvgIpc) is 2.30. The highest BCUT2D eigenvalue weighted by atomic mass is 16.5. The van der Waals surface area contributed by atoms with Crippen molar-refractivity contribution in [2.45, 2.75) is 0 Å². The summed E-state index contributed by atoms with van der Waals surface area (Å²) in [6.07, 6.45) is 0. The molecule has 82 valence electrons. The van der Waals surface area contributed by atoms with E-state index in [1.165, 1.54) is 0 Å². The Balaban J connectivity index is 2.08. The first-order valence-corrected chi connectivity index (χ1v) is 5.11. The molecule has 5 nitrogen and oxygen atoms in total. The van der Waals surface area contributed by atoms with Gasteiger partial charge < -0.3 is 14.5 Å². The van der Waals surface area contributed by atoms with Crippen LogP contribution in [0.2, 0.25) is 0 Å². The largest absolute Gasteiger partial charge is 0.378 e. The summed E-state index contributed by atoms with van der Waals surface area (Å²) >= 11 is 0. The number of hydrogen-bond donors (Lipinski definition) is 0. The maximum atomic E-state index is 5.29. The molecule has 0 N–H and O–H groups in total. The van der Waals surface area contributed by atoms with Gasteiger partial charge in [0.05, 0.1) is 13.2 Å². The van der Waals surface area contributed by atoms with Crippen molar-refractivity contribution >= 4 is 11.6 Å². The molecule has 1 saturated heterocycles. The van der Waals surface area contributed by atoms with Crippen molar-refractivity contribution in [1.82, 2.24) is 10.2 Å². The summed E-state index contributed by atoms with van der Waals surface area (Å²) in [4.78, 5) is 4.13. The molecule has 2 rings (SSSR count). The Kier molecular flexibility index (Phi) is 3.01. The Labute approximate surface area is 89.7 Å². The van der Waals surface area contributed by atoms with E-state index in [-0.39, 0.29) is 0 Å². The van der Waals surface area contributed by atoms with E-state index in [0.29, 0.717) is 0 Å². The van der Waals surface area contributed by atoms with Crippen molar-refractivity contribution in [3.8, 4) is 0 Å². The van der Waals surface area contributed by atoms with Gasteiger partial charge in [0.25, 0.3) is 0 Å². The summed E-state index contributed by atoms with van der Waals surface area (Å²) in [7, 11) is 3.91. The van der Waals surface area contributed by atoms with Crippen LogP contribution in [0.4, 0.5) is 11.6 Å². The number of anilines is 2. The molecule has 0 amide bonds. The standard InChI is InChI=1S/C10H16N4O/c1-13(2)9-3-4-10(12-11-9)14-5-7-15-8-6-14/h3-4H,5-8H2,1-2H3. The van der Waals surface area contributed by atoms with Crippen molar-refractivity contribution in [2.24, 2.45) is 0 Å². The van der Waals surface area contributed by atoms with Gasteiger partial charge in [0.2, 0.25) is 0 Å². The Morgan fingerprint density at radius 1 is 1.20 bits per heavy atom. The fourth-order valence-corrected chi connectivity index (χ4v) is 1.52. The number of ether oxygens (including phenoxy) is 1. The molecule has 2 heterocycles. The minimum Gasteiger partial charge on any atom is -0.378 e. The zero-order chi connectivity index (χ0) is 10.7. The summed E-state index contributed by atoms with van der Waals surface area (Å²) in [6, 6.07) is 3.99. The summed E-state index contributed by atoms with van der Waals surface area (Å²) in [6.45, 7) is 3.35. The Morgan fingerprint density at radius 3 is 2.47 bits per heavy atom. The first kappa shape index (κ1) is 10.2. The highest BCUT2D eigenvalue weighted by molar-refractivity contribution is 5.44. The van der Waals surface area contributed by atoms with Gasteiger partial charge in [0, 0.05) is 27.2 Å². The molecule has 0 atom stereocenters. The van der Waals surface area contributed by atoms with Crippen molar-refractivity contribution in [1.29, 1.82) is 0 Å². The molecule has 0 saturated carbocycles. The predicted octanol–water partition coefficient (Wildman–Crippen LogP) is 0.379. The molecule has 0 aliphatic carbocycles. The zero-order valence-corrected chi connectivity index (χ0v) is 9.18. The number of hydrogen-bond acceptors (Lipinski definition) is 5. The van der Waals surface area contributed by atoms with Gasteiger partial charge in [-0.1, -0.05) is 0 Å². The number of aromatic nitrogens is 2. The van der Waals surface area contributed by atoms with E-state index >= 15 is 0 Å². The van der Waals surface area contributed by atoms with E-state index in [4.69, 9.17) is 4.74 Å². The van der Waals surface area contributed by atoms with Crippen LogP contribution < -0.4 is 9.80 Å². The van der Waals surface area contributed by atoms with Crippen molar-refractivity contribution in [2.75, 3.05) is 50.2 Å². The van der Waals surface area contributed by atoms with Gasteiger partial charge >= 0.3 is 0 Å². The van der Waals surface area contributed by atoms with E-state index in [9.17, 15) is 0 Å². The molecule has 5 heteroatoms. The second kappa shape index (κ2) is 4.44. The van der Waals surface area contributed by atoms with Crippen LogP contribution in [0.1, 0.15) is 0 Å². The molecule has 1 aliphatic rings. The molecular formula is C10H16N4O. The second-order valence-corrected chi connectivity index (χ2v) is 3.74. The Morgan fingerprint density at radius 2 is 1.93 bits per heavy atom. The third-order valence-electron chi connectivity index (χ3n) is 2.43. The minimum absolute atomic E-state index is 0.775. The molecule has 15 heavy (non-hydrogen) atoms. The molecule has 0 radical (unpaired) electrons. The fraction of sp³-hybridized carbons (Fsp3) is 0.600. The zero-order valence-electron chi connectivity index (χ0n) is 9.18. The minimum atomic E-state index is 0.775. The lowest BCUT2D eigenvalue weighted by Crippen LogP contribution is -2.36.